The third-order valence-corrected chi connectivity index (χ3v) is 5.06. The summed E-state index contributed by atoms with van der Waals surface area (Å²) in [6, 6.07) is 6.89. The van der Waals surface area contributed by atoms with E-state index in [-0.39, 0.29) is 11.9 Å². The van der Waals surface area contributed by atoms with Gasteiger partial charge < -0.3 is 10.2 Å². The van der Waals surface area contributed by atoms with Crippen molar-refractivity contribution in [3.8, 4) is 0 Å². The number of carbonyl (C=O) groups is 1. The summed E-state index contributed by atoms with van der Waals surface area (Å²) in [6.45, 7) is 2.64. The number of benzene rings is 1. The van der Waals surface area contributed by atoms with Crippen LogP contribution in [0.4, 0.5) is 0 Å². The van der Waals surface area contributed by atoms with Crippen molar-refractivity contribution in [2.75, 3.05) is 33.7 Å². The molecule has 1 aliphatic carbocycles. The van der Waals surface area contributed by atoms with Crippen molar-refractivity contribution in [3.05, 3.63) is 33.8 Å². The lowest BCUT2D eigenvalue weighted by Gasteiger charge is -2.40. The van der Waals surface area contributed by atoms with E-state index in [9.17, 15) is 4.79 Å². The van der Waals surface area contributed by atoms with Crippen LogP contribution in [0.25, 0.3) is 0 Å². The Kier molecular flexibility index (Phi) is 4.33. The van der Waals surface area contributed by atoms with Gasteiger partial charge in [0.1, 0.15) is 6.04 Å². The highest BCUT2D eigenvalue weighted by atomic mass is 79.9. The Morgan fingerprint density at radius 3 is 3.00 bits per heavy atom. The molecular formula is C16H22BrN3O. The number of likely N-dealkylation sites (N-methyl/N-ethyl adjacent to an activating group) is 1. The van der Waals surface area contributed by atoms with E-state index in [0.717, 1.165) is 36.9 Å². The molecule has 1 amide bonds. The predicted octanol–water partition coefficient (Wildman–Crippen LogP) is 1.80. The average molecular weight is 352 g/mol. The first-order chi connectivity index (χ1) is 10.1. The molecule has 0 radical (unpaired) electrons. The van der Waals surface area contributed by atoms with E-state index in [4.69, 9.17) is 0 Å². The van der Waals surface area contributed by atoms with Crippen LogP contribution in [0.3, 0.4) is 0 Å². The fourth-order valence-corrected chi connectivity index (χ4v) is 3.94. The maximum absolute atomic E-state index is 12.5. The lowest BCUT2D eigenvalue weighted by atomic mass is 10.0. The second-order valence-electron chi connectivity index (χ2n) is 6.09. The SMILES string of the molecule is CN(C)C(=O)C1CNCCN1C1CCc2cc(Br)ccc21. The molecule has 0 bridgehead atoms. The van der Waals surface area contributed by atoms with Gasteiger partial charge in [-0.25, -0.2) is 0 Å². The van der Waals surface area contributed by atoms with Gasteiger partial charge in [-0.05, 0) is 36.1 Å². The van der Waals surface area contributed by atoms with E-state index < -0.39 is 0 Å². The first kappa shape index (κ1) is 15.0. The van der Waals surface area contributed by atoms with Gasteiger partial charge in [-0.3, -0.25) is 9.69 Å². The number of carbonyl (C=O) groups excluding carboxylic acids is 1. The molecular weight excluding hydrogens is 330 g/mol. The molecule has 2 atom stereocenters. The van der Waals surface area contributed by atoms with E-state index >= 15 is 0 Å². The van der Waals surface area contributed by atoms with Crippen molar-refractivity contribution in [1.29, 1.82) is 0 Å². The summed E-state index contributed by atoms with van der Waals surface area (Å²) < 4.78 is 1.14. The van der Waals surface area contributed by atoms with Gasteiger partial charge in [-0.15, -0.1) is 0 Å². The molecule has 21 heavy (non-hydrogen) atoms. The highest BCUT2D eigenvalue weighted by Gasteiger charge is 2.37. The van der Waals surface area contributed by atoms with Gasteiger partial charge in [0.05, 0.1) is 0 Å². The fourth-order valence-electron chi connectivity index (χ4n) is 3.53. The second-order valence-corrected chi connectivity index (χ2v) is 7.00. The van der Waals surface area contributed by atoms with Crippen LogP contribution < -0.4 is 5.32 Å². The zero-order chi connectivity index (χ0) is 15.0. The fraction of sp³-hybridized carbons (Fsp3) is 0.562. The molecule has 1 fully saturated rings. The molecule has 1 aliphatic heterocycles. The largest absolute Gasteiger partial charge is 0.347 e. The van der Waals surface area contributed by atoms with Crippen LogP contribution in [0.5, 0.6) is 0 Å². The van der Waals surface area contributed by atoms with E-state index in [2.05, 4.69) is 44.3 Å². The Morgan fingerprint density at radius 2 is 2.24 bits per heavy atom. The number of fused-ring (bicyclic) bond motifs is 1. The maximum atomic E-state index is 12.5. The summed E-state index contributed by atoms with van der Waals surface area (Å²) in [7, 11) is 3.68. The average Bonchev–Trinajstić information content (AvgIpc) is 2.89. The number of rotatable bonds is 2. The summed E-state index contributed by atoms with van der Waals surface area (Å²) in [5, 5.41) is 3.36. The van der Waals surface area contributed by atoms with Gasteiger partial charge >= 0.3 is 0 Å². The van der Waals surface area contributed by atoms with E-state index in [1.807, 2.05) is 14.1 Å². The van der Waals surface area contributed by atoms with Crippen molar-refractivity contribution >= 4 is 21.8 Å². The molecule has 0 spiro atoms. The lowest BCUT2D eigenvalue weighted by molar-refractivity contribution is -0.136. The maximum Gasteiger partial charge on any atom is 0.240 e. The van der Waals surface area contributed by atoms with Crippen LogP contribution in [0.15, 0.2) is 22.7 Å². The Labute approximate surface area is 134 Å². The molecule has 0 saturated carbocycles. The smallest absolute Gasteiger partial charge is 0.240 e. The Morgan fingerprint density at radius 1 is 1.43 bits per heavy atom. The minimum atomic E-state index is -0.0478. The number of piperazine rings is 1. The Balaban J connectivity index is 1.87. The molecule has 1 heterocycles. The molecule has 2 aliphatic rings. The van der Waals surface area contributed by atoms with E-state index in [1.54, 1.807) is 4.90 Å². The monoisotopic (exact) mass is 351 g/mol. The Bertz CT molecular complexity index is 546. The number of hydrogen-bond donors (Lipinski definition) is 1. The quantitative estimate of drug-likeness (QED) is 0.882. The van der Waals surface area contributed by atoms with Crippen LogP contribution in [-0.2, 0) is 11.2 Å². The van der Waals surface area contributed by atoms with E-state index in [0.29, 0.717) is 6.04 Å². The standard InChI is InChI=1S/C16H22BrN3O/c1-19(2)16(21)15-10-18-7-8-20(15)14-6-3-11-9-12(17)4-5-13(11)14/h4-5,9,14-15,18H,3,6-8,10H2,1-2H3. The zero-order valence-corrected chi connectivity index (χ0v) is 14.2. The van der Waals surface area contributed by atoms with Gasteiger partial charge in [0.25, 0.3) is 0 Å². The number of aryl methyl sites for hydroxylation is 1. The number of halogens is 1. The topological polar surface area (TPSA) is 35.6 Å². The molecule has 1 saturated heterocycles. The Hall–Kier alpha value is -0.910. The molecule has 4 nitrogen and oxygen atoms in total. The third-order valence-electron chi connectivity index (χ3n) is 4.56. The van der Waals surface area contributed by atoms with Crippen molar-refractivity contribution < 1.29 is 4.79 Å². The minimum Gasteiger partial charge on any atom is -0.347 e. The number of hydrogen-bond acceptors (Lipinski definition) is 3. The highest BCUT2D eigenvalue weighted by Crippen LogP contribution is 2.38. The van der Waals surface area contributed by atoms with Crippen LogP contribution in [-0.4, -0.2) is 55.5 Å². The van der Waals surface area contributed by atoms with Gasteiger partial charge in [-0.1, -0.05) is 22.0 Å². The van der Waals surface area contributed by atoms with Crippen molar-refractivity contribution in [1.82, 2.24) is 15.1 Å². The number of nitrogens with zero attached hydrogens (tertiary/aromatic N) is 2. The van der Waals surface area contributed by atoms with Crippen molar-refractivity contribution in [2.45, 2.75) is 24.9 Å². The van der Waals surface area contributed by atoms with Crippen molar-refractivity contribution in [2.24, 2.45) is 0 Å². The summed E-state index contributed by atoms with van der Waals surface area (Å²) in [6.07, 6.45) is 2.22. The molecule has 3 rings (SSSR count). The van der Waals surface area contributed by atoms with E-state index in [1.165, 1.54) is 11.1 Å². The molecule has 0 aromatic heterocycles. The molecule has 2 unspecified atom stereocenters. The van der Waals surface area contributed by atoms with Crippen LogP contribution in [0.2, 0.25) is 0 Å². The predicted molar refractivity (Wildman–Crippen MR) is 87.3 cm³/mol. The van der Waals surface area contributed by atoms with Crippen LogP contribution in [0.1, 0.15) is 23.6 Å². The first-order valence-electron chi connectivity index (χ1n) is 7.54. The summed E-state index contributed by atoms with van der Waals surface area (Å²) >= 11 is 3.55. The lowest BCUT2D eigenvalue weighted by Crippen LogP contribution is -2.58. The second kappa shape index (κ2) is 6.07. The molecule has 1 N–H and O–H groups in total. The number of amides is 1. The normalized spacial score (nSPS) is 25.7. The van der Waals surface area contributed by atoms with Gasteiger partial charge in [-0.2, -0.15) is 0 Å². The number of nitrogens with one attached hydrogen (secondary N) is 1. The molecule has 1 aromatic carbocycles. The van der Waals surface area contributed by atoms with Crippen LogP contribution in [0, 0.1) is 0 Å². The van der Waals surface area contributed by atoms with Gasteiger partial charge in [0.2, 0.25) is 5.91 Å². The first-order valence-corrected chi connectivity index (χ1v) is 8.33. The summed E-state index contributed by atoms with van der Waals surface area (Å²) in [5.41, 5.74) is 2.82. The minimum absolute atomic E-state index is 0.0478. The van der Waals surface area contributed by atoms with Gasteiger partial charge in [0.15, 0.2) is 0 Å². The third kappa shape index (κ3) is 2.87. The van der Waals surface area contributed by atoms with Crippen molar-refractivity contribution in [3.63, 3.8) is 0 Å². The molecule has 114 valence electrons. The van der Waals surface area contributed by atoms with Gasteiger partial charge in [0, 0.05) is 44.2 Å². The highest BCUT2D eigenvalue weighted by molar-refractivity contribution is 9.10. The summed E-state index contributed by atoms with van der Waals surface area (Å²) in [4.78, 5) is 16.6. The molecule has 1 aromatic rings. The zero-order valence-electron chi connectivity index (χ0n) is 12.6. The van der Waals surface area contributed by atoms with Crippen LogP contribution >= 0.6 is 15.9 Å². The summed E-state index contributed by atoms with van der Waals surface area (Å²) in [5.74, 6) is 0.202. The molecule has 5 heteroatoms.